The van der Waals surface area contributed by atoms with Crippen molar-refractivity contribution in [1.82, 2.24) is 4.72 Å². The zero-order valence-electron chi connectivity index (χ0n) is 9.78. The third-order valence-electron chi connectivity index (χ3n) is 3.09. The van der Waals surface area contributed by atoms with E-state index in [0.717, 1.165) is 25.0 Å². The van der Waals surface area contributed by atoms with E-state index in [0.29, 0.717) is 5.92 Å². The van der Waals surface area contributed by atoms with Crippen LogP contribution in [0.3, 0.4) is 0 Å². The number of sulfonamides is 1. The van der Waals surface area contributed by atoms with E-state index in [1.165, 1.54) is 0 Å². The standard InChI is InChI=1S/C11H14ClFN2O2S/c1-2-6-3-10(6)15-18(16,17)11-5-9(14)8(13)4-7(11)12/h4-6,10,15H,2-3,14H2,1H3. The van der Waals surface area contributed by atoms with E-state index in [1.54, 1.807) is 0 Å². The molecule has 2 rings (SSSR count). The highest BCUT2D eigenvalue weighted by atomic mass is 35.5. The Bertz CT molecular complexity index is 577. The van der Waals surface area contributed by atoms with Crippen LogP contribution in [-0.2, 0) is 10.0 Å². The number of rotatable bonds is 4. The zero-order valence-corrected chi connectivity index (χ0v) is 11.4. The van der Waals surface area contributed by atoms with Crippen molar-refractivity contribution in [2.45, 2.75) is 30.7 Å². The van der Waals surface area contributed by atoms with Crippen molar-refractivity contribution >= 4 is 27.3 Å². The maximum absolute atomic E-state index is 13.1. The SMILES string of the molecule is CCC1CC1NS(=O)(=O)c1cc(N)c(F)cc1Cl. The highest BCUT2D eigenvalue weighted by Gasteiger charge is 2.39. The summed E-state index contributed by atoms with van der Waals surface area (Å²) in [5.74, 6) is -0.354. The largest absolute Gasteiger partial charge is 0.396 e. The molecule has 0 amide bonds. The Morgan fingerprint density at radius 3 is 2.78 bits per heavy atom. The molecule has 0 spiro atoms. The minimum absolute atomic E-state index is 0.0534. The van der Waals surface area contributed by atoms with Gasteiger partial charge in [0, 0.05) is 6.04 Å². The fraction of sp³-hybridized carbons (Fsp3) is 0.455. The molecule has 1 fully saturated rings. The third kappa shape index (κ3) is 2.60. The van der Waals surface area contributed by atoms with E-state index < -0.39 is 15.8 Å². The zero-order chi connectivity index (χ0) is 13.5. The van der Waals surface area contributed by atoms with Crippen LogP contribution < -0.4 is 10.5 Å². The van der Waals surface area contributed by atoms with E-state index in [-0.39, 0.29) is 21.6 Å². The van der Waals surface area contributed by atoms with Crippen LogP contribution in [0.5, 0.6) is 0 Å². The van der Waals surface area contributed by atoms with Gasteiger partial charge in [-0.15, -0.1) is 0 Å². The Labute approximate surface area is 110 Å². The quantitative estimate of drug-likeness (QED) is 0.835. The number of hydrogen-bond acceptors (Lipinski definition) is 3. The minimum atomic E-state index is -3.74. The van der Waals surface area contributed by atoms with Gasteiger partial charge in [0.1, 0.15) is 10.7 Å². The van der Waals surface area contributed by atoms with Crippen LogP contribution in [0.15, 0.2) is 17.0 Å². The Kier molecular flexibility index (Phi) is 3.53. The average Bonchev–Trinajstić information content (AvgIpc) is 3.00. The lowest BCUT2D eigenvalue weighted by molar-refractivity contribution is 0.575. The van der Waals surface area contributed by atoms with Crippen LogP contribution in [0.25, 0.3) is 0 Å². The molecule has 0 saturated heterocycles. The summed E-state index contributed by atoms with van der Waals surface area (Å²) in [5, 5.41) is -0.164. The summed E-state index contributed by atoms with van der Waals surface area (Å²) in [6.45, 7) is 2.00. The second kappa shape index (κ2) is 4.68. The normalized spacial score (nSPS) is 23.1. The molecule has 3 N–H and O–H groups in total. The predicted octanol–water partition coefficient (Wildman–Crippen LogP) is 2.14. The Morgan fingerprint density at radius 2 is 2.22 bits per heavy atom. The maximum Gasteiger partial charge on any atom is 0.242 e. The van der Waals surface area contributed by atoms with E-state index in [9.17, 15) is 12.8 Å². The van der Waals surface area contributed by atoms with E-state index in [1.807, 2.05) is 6.92 Å². The van der Waals surface area contributed by atoms with Gasteiger partial charge in [0.2, 0.25) is 10.0 Å². The van der Waals surface area contributed by atoms with Crippen LogP contribution >= 0.6 is 11.6 Å². The molecule has 0 aromatic heterocycles. The molecule has 2 atom stereocenters. The first-order valence-corrected chi connectivity index (χ1v) is 7.48. The first-order valence-electron chi connectivity index (χ1n) is 5.62. The molecule has 1 saturated carbocycles. The van der Waals surface area contributed by atoms with Crippen LogP contribution in [-0.4, -0.2) is 14.5 Å². The van der Waals surface area contributed by atoms with Gasteiger partial charge >= 0.3 is 0 Å². The lowest BCUT2D eigenvalue weighted by Gasteiger charge is -2.09. The predicted molar refractivity (Wildman–Crippen MR) is 68.3 cm³/mol. The van der Waals surface area contributed by atoms with Crippen LogP contribution in [0.2, 0.25) is 5.02 Å². The number of benzene rings is 1. The molecule has 18 heavy (non-hydrogen) atoms. The van der Waals surface area contributed by atoms with Crippen molar-refractivity contribution in [3.63, 3.8) is 0 Å². The maximum atomic E-state index is 13.1. The van der Waals surface area contributed by atoms with Gasteiger partial charge in [-0.1, -0.05) is 24.9 Å². The molecule has 1 aliphatic carbocycles. The molecule has 100 valence electrons. The van der Waals surface area contributed by atoms with Crippen molar-refractivity contribution in [2.75, 3.05) is 5.73 Å². The number of halogens is 2. The first kappa shape index (κ1) is 13.6. The molecule has 0 heterocycles. The second-order valence-electron chi connectivity index (χ2n) is 4.44. The summed E-state index contributed by atoms with van der Waals surface area (Å²) in [6, 6.07) is 1.90. The van der Waals surface area contributed by atoms with Gasteiger partial charge in [-0.05, 0) is 24.5 Å². The molecule has 1 aliphatic rings. The van der Waals surface area contributed by atoms with Crippen molar-refractivity contribution in [3.05, 3.63) is 23.0 Å². The second-order valence-corrected chi connectivity index (χ2v) is 6.53. The number of nitrogen functional groups attached to an aromatic ring is 1. The molecular formula is C11H14ClFN2O2S. The lowest BCUT2D eigenvalue weighted by atomic mass is 10.3. The summed E-state index contributed by atoms with van der Waals surface area (Å²) >= 11 is 5.75. The lowest BCUT2D eigenvalue weighted by Crippen LogP contribution is -2.27. The van der Waals surface area contributed by atoms with Gasteiger partial charge in [-0.3, -0.25) is 0 Å². The van der Waals surface area contributed by atoms with E-state index >= 15 is 0 Å². The molecule has 1 aromatic rings. The highest BCUT2D eigenvalue weighted by Crippen LogP contribution is 2.35. The number of hydrogen-bond donors (Lipinski definition) is 2. The molecule has 0 aliphatic heterocycles. The summed E-state index contributed by atoms with van der Waals surface area (Å²) in [5.41, 5.74) is 5.13. The summed E-state index contributed by atoms with van der Waals surface area (Å²) in [7, 11) is -3.74. The monoisotopic (exact) mass is 292 g/mol. The van der Waals surface area contributed by atoms with Crippen LogP contribution in [0.4, 0.5) is 10.1 Å². The van der Waals surface area contributed by atoms with Crippen molar-refractivity contribution < 1.29 is 12.8 Å². The number of nitrogens with two attached hydrogens (primary N) is 1. The van der Waals surface area contributed by atoms with Gasteiger partial charge in [0.15, 0.2) is 0 Å². The molecule has 4 nitrogen and oxygen atoms in total. The van der Waals surface area contributed by atoms with Gasteiger partial charge in [0.05, 0.1) is 10.7 Å². The Balaban J connectivity index is 2.27. The van der Waals surface area contributed by atoms with Crippen molar-refractivity contribution in [2.24, 2.45) is 5.92 Å². The van der Waals surface area contributed by atoms with Crippen molar-refractivity contribution in [1.29, 1.82) is 0 Å². The molecule has 0 bridgehead atoms. The smallest absolute Gasteiger partial charge is 0.242 e. The molecule has 1 aromatic carbocycles. The topological polar surface area (TPSA) is 72.2 Å². The number of anilines is 1. The minimum Gasteiger partial charge on any atom is -0.396 e. The van der Waals surface area contributed by atoms with Gasteiger partial charge in [-0.2, -0.15) is 0 Å². The van der Waals surface area contributed by atoms with Crippen LogP contribution in [0.1, 0.15) is 19.8 Å². The fourth-order valence-electron chi connectivity index (χ4n) is 1.86. The van der Waals surface area contributed by atoms with Gasteiger partial charge in [0.25, 0.3) is 0 Å². The van der Waals surface area contributed by atoms with Gasteiger partial charge in [-0.25, -0.2) is 17.5 Å². The fourth-order valence-corrected chi connectivity index (χ4v) is 3.72. The van der Waals surface area contributed by atoms with Gasteiger partial charge < -0.3 is 5.73 Å². The Hall–Kier alpha value is -0.850. The molecule has 7 heteroatoms. The molecule has 2 unspecified atom stereocenters. The third-order valence-corrected chi connectivity index (χ3v) is 5.05. The molecule has 0 radical (unpaired) electrons. The number of nitrogens with one attached hydrogen (secondary N) is 1. The average molecular weight is 293 g/mol. The molecular weight excluding hydrogens is 279 g/mol. The summed E-state index contributed by atoms with van der Waals surface area (Å²) < 4.78 is 39.8. The highest BCUT2D eigenvalue weighted by molar-refractivity contribution is 7.89. The summed E-state index contributed by atoms with van der Waals surface area (Å²) in [6.07, 6.45) is 1.75. The van der Waals surface area contributed by atoms with E-state index in [2.05, 4.69) is 4.72 Å². The van der Waals surface area contributed by atoms with Crippen LogP contribution in [0, 0.1) is 11.7 Å². The first-order chi connectivity index (χ1) is 8.35. The van der Waals surface area contributed by atoms with Crippen molar-refractivity contribution in [3.8, 4) is 0 Å². The Morgan fingerprint density at radius 1 is 1.56 bits per heavy atom. The summed E-state index contributed by atoms with van der Waals surface area (Å²) in [4.78, 5) is -0.176. The van der Waals surface area contributed by atoms with E-state index in [4.69, 9.17) is 17.3 Å².